The first-order valence-electron chi connectivity index (χ1n) is 8.36. The summed E-state index contributed by atoms with van der Waals surface area (Å²) in [5, 5.41) is 20.2. The van der Waals surface area contributed by atoms with Crippen molar-refractivity contribution >= 4 is 11.7 Å². The van der Waals surface area contributed by atoms with Crippen LogP contribution in [0.1, 0.15) is 43.3 Å². The minimum absolute atomic E-state index is 0.262. The largest absolute Gasteiger partial charge is 0.388 e. The highest BCUT2D eigenvalue weighted by molar-refractivity contribution is 5.90. The molecule has 1 heterocycles. The molecule has 25 heavy (non-hydrogen) atoms. The van der Waals surface area contributed by atoms with E-state index >= 15 is 0 Å². The van der Waals surface area contributed by atoms with E-state index in [9.17, 15) is 14.3 Å². The minimum Gasteiger partial charge on any atom is -0.388 e. The van der Waals surface area contributed by atoms with E-state index in [1.54, 1.807) is 12.1 Å². The van der Waals surface area contributed by atoms with Crippen LogP contribution in [0.3, 0.4) is 0 Å². The molecular weight excluding hydrogens is 323 g/mol. The lowest BCUT2D eigenvalue weighted by Crippen LogP contribution is -2.37. The Bertz CT molecular complexity index is 727. The van der Waals surface area contributed by atoms with Gasteiger partial charge in [-0.1, -0.05) is 12.1 Å². The van der Waals surface area contributed by atoms with Gasteiger partial charge in [-0.2, -0.15) is 5.10 Å². The van der Waals surface area contributed by atoms with Gasteiger partial charge < -0.3 is 15.7 Å². The van der Waals surface area contributed by atoms with Crippen molar-refractivity contribution in [2.24, 2.45) is 0 Å². The quantitative estimate of drug-likeness (QED) is 0.749. The number of rotatable bonds is 6. The van der Waals surface area contributed by atoms with E-state index < -0.39 is 6.10 Å². The summed E-state index contributed by atoms with van der Waals surface area (Å²) in [6.45, 7) is 8.28. The van der Waals surface area contributed by atoms with Gasteiger partial charge in [0.1, 0.15) is 5.82 Å². The van der Waals surface area contributed by atoms with Crippen LogP contribution in [0.2, 0.25) is 0 Å². The Labute approximate surface area is 147 Å². The lowest BCUT2D eigenvalue weighted by Gasteiger charge is -2.18. The topological polar surface area (TPSA) is 79.2 Å². The molecule has 2 unspecified atom stereocenters. The van der Waals surface area contributed by atoms with Crippen molar-refractivity contribution in [1.82, 2.24) is 15.1 Å². The van der Waals surface area contributed by atoms with Crippen LogP contribution in [0.15, 0.2) is 24.3 Å². The molecule has 0 saturated heterocycles. The zero-order valence-electron chi connectivity index (χ0n) is 15.0. The molecule has 0 aliphatic heterocycles. The van der Waals surface area contributed by atoms with Crippen molar-refractivity contribution in [1.29, 1.82) is 0 Å². The molecule has 2 atom stereocenters. The van der Waals surface area contributed by atoms with Crippen LogP contribution >= 0.6 is 0 Å². The van der Waals surface area contributed by atoms with Crippen LogP contribution in [0.5, 0.6) is 0 Å². The molecule has 6 nitrogen and oxygen atoms in total. The number of benzene rings is 1. The Morgan fingerprint density at radius 3 is 2.52 bits per heavy atom. The number of amides is 2. The summed E-state index contributed by atoms with van der Waals surface area (Å²) >= 11 is 0. The zero-order valence-corrected chi connectivity index (χ0v) is 15.0. The zero-order chi connectivity index (χ0) is 18.6. The maximum absolute atomic E-state index is 12.9. The van der Waals surface area contributed by atoms with E-state index in [2.05, 4.69) is 15.7 Å². The van der Waals surface area contributed by atoms with Crippen LogP contribution in [0.25, 0.3) is 0 Å². The van der Waals surface area contributed by atoms with Crippen molar-refractivity contribution in [2.45, 2.75) is 52.8 Å². The predicted octanol–water partition coefficient (Wildman–Crippen LogP) is 3.29. The second-order valence-electron chi connectivity index (χ2n) is 6.16. The molecular formula is C18H25FN4O2. The van der Waals surface area contributed by atoms with Gasteiger partial charge in [0.2, 0.25) is 0 Å². The molecule has 0 spiro atoms. The molecule has 0 aliphatic carbocycles. The van der Waals surface area contributed by atoms with Gasteiger partial charge in [0, 0.05) is 12.6 Å². The van der Waals surface area contributed by atoms with Crippen molar-refractivity contribution in [3.8, 4) is 0 Å². The molecule has 2 aromatic rings. The number of aliphatic hydroxyl groups is 1. The normalized spacial score (nSPS) is 13.4. The van der Waals surface area contributed by atoms with Gasteiger partial charge in [0.05, 0.1) is 23.2 Å². The lowest BCUT2D eigenvalue weighted by molar-refractivity contribution is 0.155. The van der Waals surface area contributed by atoms with E-state index in [0.29, 0.717) is 17.7 Å². The third-order valence-corrected chi connectivity index (χ3v) is 4.13. The second-order valence-corrected chi connectivity index (χ2v) is 6.16. The molecule has 0 bridgehead atoms. The second kappa shape index (κ2) is 8.11. The van der Waals surface area contributed by atoms with Gasteiger partial charge in [0.15, 0.2) is 0 Å². The van der Waals surface area contributed by atoms with E-state index in [1.807, 2.05) is 32.4 Å². The number of aryl methyl sites for hydroxylation is 2. The number of aromatic nitrogens is 2. The van der Waals surface area contributed by atoms with E-state index in [-0.39, 0.29) is 17.9 Å². The van der Waals surface area contributed by atoms with Crippen molar-refractivity contribution in [2.75, 3.05) is 5.32 Å². The number of carbonyl (C=O) groups excluding carboxylic acids is 1. The standard InChI is InChI=1S/C18H25FN4O2/c1-5-23-13(4)17(12(3)22-23)21-18(25)20-11(2)10-16(24)14-6-8-15(19)9-7-14/h6-9,11,16,24H,5,10H2,1-4H3,(H2,20,21,25). The van der Waals surface area contributed by atoms with Gasteiger partial charge >= 0.3 is 6.03 Å². The fourth-order valence-corrected chi connectivity index (χ4v) is 2.77. The average Bonchev–Trinajstić information content (AvgIpc) is 2.82. The summed E-state index contributed by atoms with van der Waals surface area (Å²) in [5.41, 5.74) is 2.97. The van der Waals surface area contributed by atoms with Gasteiger partial charge in [-0.25, -0.2) is 9.18 Å². The van der Waals surface area contributed by atoms with E-state index in [0.717, 1.165) is 17.9 Å². The molecule has 2 rings (SSSR count). The van der Waals surface area contributed by atoms with Crippen molar-refractivity contribution < 1.29 is 14.3 Å². The van der Waals surface area contributed by atoms with Gasteiger partial charge in [-0.05, 0) is 51.8 Å². The summed E-state index contributed by atoms with van der Waals surface area (Å²) in [6, 6.07) is 5.08. The number of nitrogens with one attached hydrogen (secondary N) is 2. The fourth-order valence-electron chi connectivity index (χ4n) is 2.77. The molecule has 1 aromatic heterocycles. The SMILES string of the molecule is CCn1nc(C)c(NC(=O)NC(C)CC(O)c2ccc(F)cc2)c1C. The third kappa shape index (κ3) is 4.79. The van der Waals surface area contributed by atoms with Gasteiger partial charge in [-0.3, -0.25) is 4.68 Å². The average molecular weight is 348 g/mol. The molecule has 7 heteroatoms. The highest BCUT2D eigenvalue weighted by Gasteiger charge is 2.17. The molecule has 0 aliphatic rings. The van der Waals surface area contributed by atoms with Gasteiger partial charge in [0.25, 0.3) is 0 Å². The number of halogens is 1. The molecule has 2 amide bonds. The van der Waals surface area contributed by atoms with Crippen molar-refractivity contribution in [3.63, 3.8) is 0 Å². The molecule has 3 N–H and O–H groups in total. The van der Waals surface area contributed by atoms with E-state index in [1.165, 1.54) is 12.1 Å². The summed E-state index contributed by atoms with van der Waals surface area (Å²) in [7, 11) is 0. The van der Waals surface area contributed by atoms with Crippen molar-refractivity contribution in [3.05, 3.63) is 47.0 Å². The Kier molecular flexibility index (Phi) is 6.14. The van der Waals surface area contributed by atoms with Crippen LogP contribution in [0.4, 0.5) is 14.9 Å². The number of nitrogens with zero attached hydrogens (tertiary/aromatic N) is 2. The van der Waals surface area contributed by atoms with E-state index in [4.69, 9.17) is 0 Å². The molecule has 0 saturated carbocycles. The van der Waals surface area contributed by atoms with Crippen LogP contribution in [0, 0.1) is 19.7 Å². The van der Waals surface area contributed by atoms with Crippen LogP contribution in [-0.2, 0) is 6.54 Å². The minimum atomic E-state index is -0.776. The first kappa shape index (κ1) is 18.9. The van der Waals surface area contributed by atoms with Crippen LogP contribution < -0.4 is 10.6 Å². The Morgan fingerprint density at radius 1 is 1.32 bits per heavy atom. The Morgan fingerprint density at radius 2 is 1.96 bits per heavy atom. The predicted molar refractivity (Wildman–Crippen MR) is 95.0 cm³/mol. The highest BCUT2D eigenvalue weighted by Crippen LogP contribution is 2.20. The molecule has 0 fully saturated rings. The summed E-state index contributed by atoms with van der Waals surface area (Å²) < 4.78 is 14.8. The number of urea groups is 1. The first-order chi connectivity index (χ1) is 11.8. The Hall–Kier alpha value is -2.41. The fraction of sp³-hybridized carbons (Fsp3) is 0.444. The maximum Gasteiger partial charge on any atom is 0.319 e. The molecule has 136 valence electrons. The maximum atomic E-state index is 12.9. The van der Waals surface area contributed by atoms with Gasteiger partial charge in [-0.15, -0.1) is 0 Å². The lowest BCUT2D eigenvalue weighted by atomic mass is 10.0. The Balaban J connectivity index is 1.92. The summed E-state index contributed by atoms with van der Waals surface area (Å²) in [6.07, 6.45) is -0.451. The summed E-state index contributed by atoms with van der Waals surface area (Å²) in [4.78, 5) is 12.2. The highest BCUT2D eigenvalue weighted by atomic mass is 19.1. The number of anilines is 1. The number of aliphatic hydroxyl groups excluding tert-OH is 1. The number of hydrogen-bond acceptors (Lipinski definition) is 3. The first-order valence-corrected chi connectivity index (χ1v) is 8.36. The molecule has 1 aromatic carbocycles. The monoisotopic (exact) mass is 348 g/mol. The smallest absolute Gasteiger partial charge is 0.319 e. The third-order valence-electron chi connectivity index (χ3n) is 4.13. The van der Waals surface area contributed by atoms with Crippen LogP contribution in [-0.4, -0.2) is 27.0 Å². The summed E-state index contributed by atoms with van der Waals surface area (Å²) in [5.74, 6) is -0.347. The molecule has 0 radical (unpaired) electrons. The number of hydrogen-bond donors (Lipinski definition) is 3. The number of carbonyl (C=O) groups is 1.